The predicted molar refractivity (Wildman–Crippen MR) is 140 cm³/mol. The van der Waals surface area contributed by atoms with Crippen LogP contribution in [0, 0.1) is 6.92 Å². The summed E-state index contributed by atoms with van der Waals surface area (Å²) >= 11 is 6.57. The van der Waals surface area contributed by atoms with Crippen LogP contribution in [0.1, 0.15) is 62.0 Å². The molecule has 202 valence electrons. The van der Waals surface area contributed by atoms with Crippen LogP contribution in [0.25, 0.3) is 0 Å². The first-order valence-electron chi connectivity index (χ1n) is 12.1. The molecule has 0 aromatic carbocycles. The lowest BCUT2D eigenvalue weighted by Crippen LogP contribution is -2.55. The van der Waals surface area contributed by atoms with Gasteiger partial charge < -0.3 is 14.5 Å². The molecule has 3 rings (SSSR count). The molecule has 0 radical (unpaired) electrons. The number of ether oxygens (including phenoxy) is 1. The lowest BCUT2D eigenvalue weighted by molar-refractivity contribution is -0.138. The number of carbonyl (C=O) groups is 2. The van der Waals surface area contributed by atoms with Crippen LogP contribution in [0.4, 0.5) is 8.87 Å². The van der Waals surface area contributed by atoms with Crippen LogP contribution in [-0.4, -0.2) is 69.2 Å². The van der Waals surface area contributed by atoms with Crippen molar-refractivity contribution in [2.75, 3.05) is 26.2 Å². The molecule has 1 aliphatic carbocycles. The summed E-state index contributed by atoms with van der Waals surface area (Å²) in [6.07, 6.45) is 7.42. The summed E-state index contributed by atoms with van der Waals surface area (Å²) in [6.45, 7) is 6.41. The Labute approximate surface area is 219 Å². The molecular weight excluding hydrogens is 511 g/mol. The molecular formula is C24H37ClF2N5O3P. The van der Waals surface area contributed by atoms with Gasteiger partial charge in [0.2, 0.25) is 5.91 Å². The van der Waals surface area contributed by atoms with E-state index < -0.39 is 5.53 Å². The monoisotopic (exact) mass is 547 g/mol. The molecule has 1 saturated carbocycles. The third-order valence-corrected chi connectivity index (χ3v) is 6.47. The smallest absolute Gasteiger partial charge is 0.276 e. The zero-order valence-electron chi connectivity index (χ0n) is 21.4. The van der Waals surface area contributed by atoms with Crippen LogP contribution < -0.4 is 10.3 Å². The van der Waals surface area contributed by atoms with Crippen molar-refractivity contribution in [2.45, 2.75) is 64.5 Å². The van der Waals surface area contributed by atoms with Gasteiger partial charge in [0.05, 0.1) is 11.6 Å². The Hall–Kier alpha value is -2.03. The average Bonchev–Trinajstić information content (AvgIpc) is 2.89. The number of alkyl halides is 1. The van der Waals surface area contributed by atoms with Gasteiger partial charge in [-0.15, -0.1) is 10.0 Å². The van der Waals surface area contributed by atoms with Gasteiger partial charge in [-0.05, 0) is 51.3 Å². The fourth-order valence-corrected chi connectivity index (χ4v) is 4.28. The van der Waals surface area contributed by atoms with Crippen molar-refractivity contribution < 1.29 is 23.2 Å². The second-order valence-corrected chi connectivity index (χ2v) is 10.6. The number of rotatable bonds is 5. The van der Waals surface area contributed by atoms with E-state index in [1.54, 1.807) is 39.5 Å². The molecule has 1 aromatic heterocycles. The van der Waals surface area contributed by atoms with Gasteiger partial charge in [0.1, 0.15) is 12.3 Å². The van der Waals surface area contributed by atoms with Gasteiger partial charge in [0.15, 0.2) is 11.2 Å². The van der Waals surface area contributed by atoms with Gasteiger partial charge in [0, 0.05) is 32.4 Å². The maximum absolute atomic E-state index is 13.3. The zero-order valence-corrected chi connectivity index (χ0v) is 23.3. The zero-order chi connectivity index (χ0) is 26.9. The van der Waals surface area contributed by atoms with E-state index in [-0.39, 0.29) is 29.1 Å². The van der Waals surface area contributed by atoms with Crippen molar-refractivity contribution >= 4 is 32.7 Å². The van der Waals surface area contributed by atoms with Crippen LogP contribution in [0.2, 0.25) is 5.02 Å². The Morgan fingerprint density at radius 3 is 2.53 bits per heavy atom. The molecule has 36 heavy (non-hydrogen) atoms. The van der Waals surface area contributed by atoms with E-state index in [0.29, 0.717) is 37.1 Å². The Balaban J connectivity index is 0.000000678. The first-order valence-corrected chi connectivity index (χ1v) is 13.1. The van der Waals surface area contributed by atoms with Crippen molar-refractivity contribution in [2.24, 2.45) is 7.05 Å². The minimum absolute atomic E-state index is 0.00812. The van der Waals surface area contributed by atoms with E-state index in [4.69, 9.17) is 16.3 Å². The lowest BCUT2D eigenvalue weighted by Gasteiger charge is -2.40. The summed E-state index contributed by atoms with van der Waals surface area (Å²) in [6, 6.07) is 3.88. The Morgan fingerprint density at radius 1 is 1.33 bits per heavy atom. The Kier molecular flexibility index (Phi) is 11.8. The number of amides is 2. The molecule has 1 saturated heterocycles. The maximum atomic E-state index is 13.3. The molecule has 8 nitrogen and oxygen atoms in total. The first-order chi connectivity index (χ1) is 17.0. The fourth-order valence-electron chi connectivity index (χ4n) is 4.11. The van der Waals surface area contributed by atoms with Gasteiger partial charge in [-0.2, -0.15) is 5.10 Å². The minimum Gasteiger partial charge on any atom is -0.494 e. The predicted octanol–water partition coefficient (Wildman–Crippen LogP) is 4.50. The number of halogens is 3. The summed E-state index contributed by atoms with van der Waals surface area (Å²) < 4.78 is 29.6. The third kappa shape index (κ3) is 9.12. The van der Waals surface area contributed by atoms with Gasteiger partial charge in [-0.1, -0.05) is 40.1 Å². The highest BCUT2D eigenvalue weighted by atomic mass is 35.5. The summed E-state index contributed by atoms with van der Waals surface area (Å²) in [5.41, 5.74) is -0.244. The van der Waals surface area contributed by atoms with E-state index in [9.17, 15) is 18.5 Å². The van der Waals surface area contributed by atoms with Crippen molar-refractivity contribution in [3.63, 3.8) is 0 Å². The standard InChI is InChI=1S/C22H31ClN4O3.C2H6F2NP/c1-4-30-18-10-11-25(3)24-21(20(23)16(2)14-18)22(29)26-12-13-27(19(28)15-26)17-8-6-5-7-9-17;1-2(3,6)5-4/h10-11,14,17H,4-9,12-13,15H2,1-3H3;5H,6H2,1H3. The quantitative estimate of drug-likeness (QED) is 0.333. The second-order valence-electron chi connectivity index (χ2n) is 9.09. The van der Waals surface area contributed by atoms with Crippen LogP contribution in [0.15, 0.2) is 18.3 Å². The minimum atomic E-state index is -1.96. The lowest BCUT2D eigenvalue weighted by atomic mass is 9.93. The molecule has 1 aliphatic heterocycles. The summed E-state index contributed by atoms with van der Waals surface area (Å²) in [5, 5.41) is 4.66. The van der Waals surface area contributed by atoms with Gasteiger partial charge in [0.25, 0.3) is 5.91 Å². The molecule has 1 N–H and O–H groups in total. The number of carbonyl (C=O) groups excluding carboxylic acids is 2. The van der Waals surface area contributed by atoms with Crippen molar-refractivity contribution in [3.8, 4) is 5.75 Å². The van der Waals surface area contributed by atoms with Crippen LogP contribution in [0.5, 0.6) is 5.75 Å². The van der Waals surface area contributed by atoms with E-state index >= 15 is 0 Å². The molecule has 0 bridgehead atoms. The Bertz CT molecular complexity index is 966. The number of nitrogens with zero attached hydrogens (tertiary/aromatic N) is 4. The summed E-state index contributed by atoms with van der Waals surface area (Å²) in [7, 11) is 3.37. The third-order valence-electron chi connectivity index (χ3n) is 5.88. The van der Waals surface area contributed by atoms with Gasteiger partial charge >= 0.3 is 0 Å². The molecule has 1 aromatic rings. The molecule has 2 unspecified atom stereocenters. The van der Waals surface area contributed by atoms with Gasteiger partial charge in [-0.25, -0.2) is 4.39 Å². The van der Waals surface area contributed by atoms with Crippen LogP contribution >= 0.6 is 20.8 Å². The normalized spacial score (nSPS) is 18.1. The van der Waals surface area contributed by atoms with Crippen molar-refractivity contribution in [3.05, 3.63) is 34.6 Å². The molecule has 2 atom stereocenters. The van der Waals surface area contributed by atoms with E-state index in [0.717, 1.165) is 25.3 Å². The number of aromatic nitrogens is 2. The molecule has 0 spiro atoms. The second kappa shape index (κ2) is 14.1. The Morgan fingerprint density at radius 2 is 1.97 bits per heavy atom. The highest BCUT2D eigenvalue weighted by Gasteiger charge is 2.33. The topological polar surface area (TPSA) is 79.7 Å². The number of aryl methyl sites for hydroxylation is 2. The summed E-state index contributed by atoms with van der Waals surface area (Å²) in [5.74, 6) is 0.318. The fraction of sp³-hybridized carbons (Fsp3) is 0.625. The molecule has 2 heterocycles. The molecule has 12 heteroatoms. The number of hydrogen-bond donors (Lipinski definition) is 1. The van der Waals surface area contributed by atoms with E-state index in [2.05, 4.69) is 5.10 Å². The first kappa shape index (κ1) is 30.2. The van der Waals surface area contributed by atoms with Crippen molar-refractivity contribution in [1.29, 1.82) is 0 Å². The van der Waals surface area contributed by atoms with E-state index in [1.807, 2.05) is 18.7 Å². The SMILES string of the molecule is CC(F)(P)NF.CCOc1ccn(C)nc(C(=O)N2CCN(C3CCCCC3)C(=O)C2)c(Cl)c(C)c1. The molecule has 2 fully saturated rings. The number of nitrogens with one attached hydrogen (secondary N) is 1. The van der Waals surface area contributed by atoms with Crippen LogP contribution in [-0.2, 0) is 11.8 Å². The van der Waals surface area contributed by atoms with E-state index in [1.165, 1.54) is 23.9 Å². The molecule has 2 amide bonds. The van der Waals surface area contributed by atoms with Crippen LogP contribution in [0.3, 0.4) is 0 Å². The highest BCUT2D eigenvalue weighted by molar-refractivity contribution is 7.18. The average molecular weight is 548 g/mol. The highest BCUT2D eigenvalue weighted by Crippen LogP contribution is 2.25. The summed E-state index contributed by atoms with van der Waals surface area (Å²) in [4.78, 5) is 29.6. The number of piperazine rings is 1. The van der Waals surface area contributed by atoms with Crippen molar-refractivity contribution in [1.82, 2.24) is 25.1 Å². The molecule has 2 aliphatic rings. The number of hydrogen-bond acceptors (Lipinski definition) is 5. The van der Waals surface area contributed by atoms with Gasteiger partial charge in [-0.3, -0.25) is 14.3 Å². The maximum Gasteiger partial charge on any atom is 0.276 e. The largest absolute Gasteiger partial charge is 0.494 e.